The number of rotatable bonds is 6. The van der Waals surface area contributed by atoms with E-state index in [0.29, 0.717) is 27.3 Å². The average Bonchev–Trinajstić information content (AvgIpc) is 3.33. The molecule has 0 spiro atoms. The SMILES string of the molecule is CCOC(=O)c1noc(C2CC2)c1C(=S)c1ccc(F)c(OC)c1C. The van der Waals surface area contributed by atoms with Crippen LogP contribution in [0, 0.1) is 12.7 Å². The zero-order valence-electron chi connectivity index (χ0n) is 14.2. The van der Waals surface area contributed by atoms with Gasteiger partial charge in [-0.05, 0) is 32.8 Å². The second-order valence-corrected chi connectivity index (χ2v) is 6.26. The number of ether oxygens (including phenoxy) is 2. The summed E-state index contributed by atoms with van der Waals surface area (Å²) >= 11 is 5.62. The summed E-state index contributed by atoms with van der Waals surface area (Å²) in [4.78, 5) is 12.6. The van der Waals surface area contributed by atoms with Gasteiger partial charge in [0.15, 0.2) is 17.3 Å². The number of hydrogen-bond acceptors (Lipinski definition) is 6. The quantitative estimate of drug-likeness (QED) is 0.440. The molecule has 25 heavy (non-hydrogen) atoms. The summed E-state index contributed by atoms with van der Waals surface area (Å²) in [5.41, 5.74) is 1.69. The lowest BCUT2D eigenvalue weighted by Crippen LogP contribution is -2.13. The zero-order chi connectivity index (χ0) is 18.1. The van der Waals surface area contributed by atoms with E-state index in [0.717, 1.165) is 12.8 Å². The second-order valence-electron chi connectivity index (χ2n) is 5.85. The van der Waals surface area contributed by atoms with Crippen LogP contribution < -0.4 is 4.74 Å². The molecule has 0 unspecified atom stereocenters. The number of esters is 1. The Hall–Kier alpha value is -2.28. The number of benzene rings is 1. The summed E-state index contributed by atoms with van der Waals surface area (Å²) in [6.45, 7) is 3.66. The number of carbonyl (C=O) groups excluding carboxylic acids is 1. The lowest BCUT2D eigenvalue weighted by Gasteiger charge is -2.13. The average molecular weight is 363 g/mol. The fourth-order valence-electron chi connectivity index (χ4n) is 2.78. The largest absolute Gasteiger partial charge is 0.493 e. The minimum atomic E-state index is -0.581. The van der Waals surface area contributed by atoms with Crippen LogP contribution in [0.5, 0.6) is 5.75 Å². The number of methoxy groups -OCH3 is 1. The summed E-state index contributed by atoms with van der Waals surface area (Å²) in [5, 5.41) is 3.89. The van der Waals surface area contributed by atoms with Crippen molar-refractivity contribution in [2.45, 2.75) is 32.6 Å². The van der Waals surface area contributed by atoms with Crippen LogP contribution in [0.25, 0.3) is 0 Å². The van der Waals surface area contributed by atoms with Gasteiger partial charge in [0.25, 0.3) is 0 Å². The van der Waals surface area contributed by atoms with E-state index < -0.39 is 11.8 Å². The minimum absolute atomic E-state index is 0.0661. The Morgan fingerprint density at radius 2 is 2.16 bits per heavy atom. The fourth-order valence-corrected chi connectivity index (χ4v) is 3.19. The maximum absolute atomic E-state index is 13.9. The van der Waals surface area contributed by atoms with Gasteiger partial charge < -0.3 is 14.0 Å². The van der Waals surface area contributed by atoms with Crippen LogP contribution in [0.2, 0.25) is 0 Å². The van der Waals surface area contributed by atoms with E-state index in [-0.39, 0.29) is 24.0 Å². The van der Waals surface area contributed by atoms with E-state index in [1.54, 1.807) is 19.9 Å². The number of halogens is 1. The van der Waals surface area contributed by atoms with Crippen molar-refractivity contribution in [3.8, 4) is 5.75 Å². The van der Waals surface area contributed by atoms with Gasteiger partial charge >= 0.3 is 5.97 Å². The van der Waals surface area contributed by atoms with E-state index in [4.69, 9.17) is 26.2 Å². The summed E-state index contributed by atoms with van der Waals surface area (Å²) in [6.07, 6.45) is 1.91. The third-order valence-corrected chi connectivity index (χ3v) is 4.59. The lowest BCUT2D eigenvalue weighted by atomic mass is 9.96. The van der Waals surface area contributed by atoms with Crippen molar-refractivity contribution in [3.05, 3.63) is 46.1 Å². The van der Waals surface area contributed by atoms with Gasteiger partial charge in [-0.25, -0.2) is 9.18 Å². The predicted molar refractivity (Wildman–Crippen MR) is 92.9 cm³/mol. The number of hydrogen-bond donors (Lipinski definition) is 0. The number of thiocarbonyl (C=S) groups is 1. The monoisotopic (exact) mass is 363 g/mol. The molecule has 0 atom stereocenters. The van der Waals surface area contributed by atoms with E-state index in [1.165, 1.54) is 13.2 Å². The van der Waals surface area contributed by atoms with Crippen LogP contribution in [-0.2, 0) is 4.74 Å². The van der Waals surface area contributed by atoms with Crippen LogP contribution in [0.15, 0.2) is 16.7 Å². The molecule has 0 radical (unpaired) electrons. The summed E-state index contributed by atoms with van der Waals surface area (Å²) in [7, 11) is 1.40. The van der Waals surface area contributed by atoms with Crippen molar-refractivity contribution >= 4 is 23.1 Å². The maximum Gasteiger partial charge on any atom is 0.361 e. The third kappa shape index (κ3) is 3.16. The van der Waals surface area contributed by atoms with Gasteiger partial charge in [-0.2, -0.15) is 0 Å². The van der Waals surface area contributed by atoms with E-state index in [9.17, 15) is 9.18 Å². The Morgan fingerprint density at radius 3 is 2.76 bits per heavy atom. The lowest BCUT2D eigenvalue weighted by molar-refractivity contribution is 0.0514. The van der Waals surface area contributed by atoms with Crippen molar-refractivity contribution in [3.63, 3.8) is 0 Å². The van der Waals surface area contributed by atoms with Crippen LogP contribution in [-0.4, -0.2) is 29.7 Å². The van der Waals surface area contributed by atoms with Crippen molar-refractivity contribution in [2.75, 3.05) is 13.7 Å². The minimum Gasteiger partial charge on any atom is -0.493 e. The Morgan fingerprint density at radius 1 is 1.44 bits per heavy atom. The van der Waals surface area contributed by atoms with Crippen molar-refractivity contribution < 1.29 is 23.2 Å². The van der Waals surface area contributed by atoms with Gasteiger partial charge in [0.2, 0.25) is 0 Å². The fraction of sp³-hybridized carbons (Fsp3) is 0.389. The molecule has 1 saturated carbocycles. The normalized spacial score (nSPS) is 13.6. The van der Waals surface area contributed by atoms with E-state index in [2.05, 4.69) is 5.16 Å². The molecule has 3 rings (SSSR count). The molecule has 1 aliphatic rings. The molecule has 0 aliphatic heterocycles. The van der Waals surface area contributed by atoms with Crippen LogP contribution >= 0.6 is 12.2 Å². The van der Waals surface area contributed by atoms with E-state index >= 15 is 0 Å². The standard InChI is InChI=1S/C18H18FNO4S/c1-4-23-18(21)14-13(16(24-20-14)10-5-6-10)17(25)11-7-8-12(19)15(22-3)9(11)2/h7-8,10H,4-6H2,1-3H3. The van der Waals surface area contributed by atoms with Gasteiger partial charge in [0.1, 0.15) is 5.76 Å². The molecule has 1 fully saturated rings. The summed E-state index contributed by atoms with van der Waals surface area (Å²) < 4.78 is 29.5. The van der Waals surface area contributed by atoms with Crippen LogP contribution in [0.4, 0.5) is 4.39 Å². The molecule has 5 nitrogen and oxygen atoms in total. The Labute approximate surface area is 150 Å². The highest BCUT2D eigenvalue weighted by molar-refractivity contribution is 7.81. The van der Waals surface area contributed by atoms with Crippen molar-refractivity contribution in [1.29, 1.82) is 0 Å². The summed E-state index contributed by atoms with van der Waals surface area (Å²) in [5.74, 6) is -0.129. The number of carbonyl (C=O) groups is 1. The topological polar surface area (TPSA) is 61.6 Å². The van der Waals surface area contributed by atoms with Crippen LogP contribution in [0.1, 0.15) is 58.6 Å². The highest BCUT2D eigenvalue weighted by Crippen LogP contribution is 2.43. The van der Waals surface area contributed by atoms with E-state index in [1.807, 2.05) is 0 Å². The first-order chi connectivity index (χ1) is 12.0. The first-order valence-corrected chi connectivity index (χ1v) is 8.44. The molecule has 132 valence electrons. The molecule has 1 aliphatic carbocycles. The molecule has 0 bridgehead atoms. The Balaban J connectivity index is 2.11. The van der Waals surface area contributed by atoms with Gasteiger partial charge in [-0.15, -0.1) is 0 Å². The van der Waals surface area contributed by atoms with Crippen molar-refractivity contribution in [2.24, 2.45) is 0 Å². The van der Waals surface area contributed by atoms with Gasteiger partial charge in [-0.3, -0.25) is 0 Å². The van der Waals surface area contributed by atoms with Gasteiger partial charge in [0.05, 0.1) is 24.1 Å². The molecule has 1 aromatic carbocycles. The summed E-state index contributed by atoms with van der Waals surface area (Å²) in [6, 6.07) is 2.87. The molecule has 1 aromatic heterocycles. The third-order valence-electron chi connectivity index (χ3n) is 4.17. The number of nitrogens with zero attached hydrogens (tertiary/aromatic N) is 1. The highest BCUT2D eigenvalue weighted by Gasteiger charge is 2.36. The highest BCUT2D eigenvalue weighted by atomic mass is 32.1. The van der Waals surface area contributed by atoms with Crippen molar-refractivity contribution in [1.82, 2.24) is 5.16 Å². The molecule has 0 amide bonds. The van der Waals surface area contributed by atoms with Gasteiger partial charge in [0, 0.05) is 17.0 Å². The Kier molecular flexibility index (Phi) is 4.85. The van der Waals surface area contributed by atoms with Crippen LogP contribution in [0.3, 0.4) is 0 Å². The first kappa shape index (κ1) is 17.5. The predicted octanol–water partition coefficient (Wildman–Crippen LogP) is 3.95. The molecule has 1 heterocycles. The zero-order valence-corrected chi connectivity index (χ0v) is 15.0. The molecule has 7 heteroatoms. The number of aromatic nitrogens is 1. The molecular formula is C18H18FNO4S. The second kappa shape index (κ2) is 6.92. The molecule has 0 N–H and O–H groups in total. The Bertz CT molecular complexity index is 842. The molecular weight excluding hydrogens is 345 g/mol. The first-order valence-electron chi connectivity index (χ1n) is 8.04. The maximum atomic E-state index is 13.9. The molecule has 2 aromatic rings. The van der Waals surface area contributed by atoms with Gasteiger partial charge in [-0.1, -0.05) is 23.4 Å². The molecule has 0 saturated heterocycles. The smallest absolute Gasteiger partial charge is 0.361 e.